The number of aliphatic hydroxyl groups is 1. The maximum absolute atomic E-state index is 10.1. The van der Waals surface area contributed by atoms with Gasteiger partial charge in [0.2, 0.25) is 0 Å². The summed E-state index contributed by atoms with van der Waals surface area (Å²) >= 11 is 6.01. The molecule has 84 valence electrons. The van der Waals surface area contributed by atoms with Gasteiger partial charge in [-0.15, -0.1) is 0 Å². The van der Waals surface area contributed by atoms with Crippen LogP contribution in [0.3, 0.4) is 0 Å². The predicted molar refractivity (Wildman–Crippen MR) is 63.5 cm³/mol. The largest absolute Gasteiger partial charge is 0.382 e. The molecule has 1 N–H and O–H groups in total. The van der Waals surface area contributed by atoms with Crippen LogP contribution in [0.15, 0.2) is 30.7 Å². The highest BCUT2D eigenvalue weighted by Crippen LogP contribution is 2.24. The number of benzene rings is 1. The number of aromatic nitrogens is 2. The van der Waals surface area contributed by atoms with Crippen LogP contribution < -0.4 is 0 Å². The zero-order valence-electron chi connectivity index (χ0n) is 9.18. The lowest BCUT2D eigenvalue weighted by atomic mass is 10.1. The van der Waals surface area contributed by atoms with Crippen molar-refractivity contribution in [2.45, 2.75) is 13.0 Å². The average Bonchev–Trinajstić information content (AvgIpc) is 2.68. The number of aliphatic hydroxyl groups excluding tert-OH is 1. The number of imidazole rings is 1. The van der Waals surface area contributed by atoms with Crippen molar-refractivity contribution in [3.05, 3.63) is 52.6 Å². The topological polar surface area (TPSA) is 38.0 Å². The molecule has 3 nitrogen and oxygen atoms in total. The fourth-order valence-corrected chi connectivity index (χ4v) is 1.71. The van der Waals surface area contributed by atoms with Gasteiger partial charge in [0.05, 0.1) is 12.0 Å². The van der Waals surface area contributed by atoms with Gasteiger partial charge in [0.25, 0.3) is 0 Å². The molecule has 0 amide bonds. The molecule has 4 heteroatoms. The molecule has 0 saturated carbocycles. The summed E-state index contributed by atoms with van der Waals surface area (Å²) in [5.74, 6) is 0. The Morgan fingerprint density at radius 3 is 2.75 bits per heavy atom. The lowest BCUT2D eigenvalue weighted by Crippen LogP contribution is -2.00. The zero-order valence-corrected chi connectivity index (χ0v) is 9.94. The van der Waals surface area contributed by atoms with Crippen LogP contribution in [0.25, 0.3) is 0 Å². The van der Waals surface area contributed by atoms with Crippen molar-refractivity contribution in [3.63, 3.8) is 0 Å². The van der Waals surface area contributed by atoms with E-state index in [-0.39, 0.29) is 0 Å². The van der Waals surface area contributed by atoms with Crippen molar-refractivity contribution in [2.24, 2.45) is 7.05 Å². The maximum Gasteiger partial charge on any atom is 0.123 e. The quantitative estimate of drug-likeness (QED) is 0.870. The Hall–Kier alpha value is -1.32. The third-order valence-electron chi connectivity index (χ3n) is 2.52. The number of rotatable bonds is 2. The fourth-order valence-electron chi connectivity index (χ4n) is 1.52. The molecule has 0 radical (unpaired) electrons. The Bertz CT molecular complexity index is 507. The van der Waals surface area contributed by atoms with Crippen LogP contribution in [-0.4, -0.2) is 14.7 Å². The molecule has 2 aromatic rings. The van der Waals surface area contributed by atoms with Gasteiger partial charge in [-0.3, -0.25) is 0 Å². The lowest BCUT2D eigenvalue weighted by molar-refractivity contribution is 0.216. The van der Waals surface area contributed by atoms with Crippen molar-refractivity contribution in [1.29, 1.82) is 0 Å². The highest BCUT2D eigenvalue weighted by atomic mass is 35.5. The molecule has 0 fully saturated rings. The minimum Gasteiger partial charge on any atom is -0.382 e. The van der Waals surface area contributed by atoms with E-state index in [4.69, 9.17) is 11.6 Å². The van der Waals surface area contributed by atoms with E-state index < -0.39 is 6.10 Å². The van der Waals surface area contributed by atoms with E-state index in [0.29, 0.717) is 10.7 Å². The van der Waals surface area contributed by atoms with E-state index in [2.05, 4.69) is 4.98 Å². The fraction of sp³-hybridized carbons (Fsp3) is 0.250. The summed E-state index contributed by atoms with van der Waals surface area (Å²) in [7, 11) is 1.87. The molecule has 0 aliphatic rings. The molecule has 1 heterocycles. The van der Waals surface area contributed by atoms with Gasteiger partial charge < -0.3 is 9.67 Å². The van der Waals surface area contributed by atoms with Gasteiger partial charge in [-0.2, -0.15) is 0 Å². The van der Waals surface area contributed by atoms with Gasteiger partial charge in [-0.05, 0) is 24.1 Å². The molecule has 1 unspecified atom stereocenters. The lowest BCUT2D eigenvalue weighted by Gasteiger charge is -2.09. The normalized spacial score (nSPS) is 12.8. The van der Waals surface area contributed by atoms with Crippen LogP contribution >= 0.6 is 11.6 Å². The first-order chi connectivity index (χ1) is 7.58. The van der Waals surface area contributed by atoms with Gasteiger partial charge in [0.1, 0.15) is 6.10 Å². The third-order valence-corrected chi connectivity index (χ3v) is 2.92. The minimum absolute atomic E-state index is 0.627. The molecule has 0 bridgehead atoms. The van der Waals surface area contributed by atoms with Gasteiger partial charge >= 0.3 is 0 Å². The van der Waals surface area contributed by atoms with Crippen LogP contribution in [0.4, 0.5) is 0 Å². The van der Waals surface area contributed by atoms with Crippen LogP contribution in [0.2, 0.25) is 5.02 Å². The molecule has 1 atom stereocenters. The Labute approximate surface area is 99.3 Å². The van der Waals surface area contributed by atoms with Gasteiger partial charge in [-0.25, -0.2) is 4.98 Å². The first-order valence-corrected chi connectivity index (χ1v) is 5.37. The standard InChI is InChI=1S/C12H13ClN2O/c1-8-3-4-9(5-10(8)13)12(16)11-6-15(2)7-14-11/h3-7,12,16H,1-2H3. The van der Waals surface area contributed by atoms with Gasteiger partial charge in [0, 0.05) is 18.3 Å². The van der Waals surface area contributed by atoms with Crippen LogP contribution in [0, 0.1) is 6.92 Å². The third kappa shape index (κ3) is 2.10. The Morgan fingerprint density at radius 2 is 2.19 bits per heavy atom. The SMILES string of the molecule is Cc1ccc(C(O)c2cn(C)cn2)cc1Cl. The highest BCUT2D eigenvalue weighted by Gasteiger charge is 2.13. The van der Waals surface area contributed by atoms with Crippen molar-refractivity contribution in [1.82, 2.24) is 9.55 Å². The number of aryl methyl sites for hydroxylation is 2. The van der Waals surface area contributed by atoms with E-state index in [1.165, 1.54) is 0 Å². The first kappa shape index (κ1) is 11.2. The van der Waals surface area contributed by atoms with Crippen molar-refractivity contribution in [2.75, 3.05) is 0 Å². The Balaban J connectivity index is 2.33. The summed E-state index contributed by atoms with van der Waals surface area (Å²) in [6.45, 7) is 1.93. The van der Waals surface area contributed by atoms with Gasteiger partial charge in [-0.1, -0.05) is 23.7 Å². The molecule has 0 aliphatic heterocycles. The van der Waals surface area contributed by atoms with E-state index in [9.17, 15) is 5.11 Å². The van der Waals surface area contributed by atoms with Crippen LogP contribution in [0.1, 0.15) is 22.9 Å². The van der Waals surface area contributed by atoms with E-state index in [0.717, 1.165) is 11.1 Å². The summed E-state index contributed by atoms with van der Waals surface area (Å²) in [6, 6.07) is 5.53. The summed E-state index contributed by atoms with van der Waals surface area (Å²) in [5.41, 5.74) is 2.38. The smallest absolute Gasteiger partial charge is 0.123 e. The number of halogens is 1. The van der Waals surface area contributed by atoms with E-state index in [1.54, 1.807) is 23.2 Å². The summed E-state index contributed by atoms with van der Waals surface area (Å²) in [5, 5.41) is 10.7. The zero-order chi connectivity index (χ0) is 11.7. The molecule has 1 aromatic carbocycles. The predicted octanol–water partition coefficient (Wildman–Crippen LogP) is 2.46. The average molecular weight is 237 g/mol. The molecular formula is C12H13ClN2O. The second-order valence-corrected chi connectivity index (χ2v) is 4.28. The molecule has 0 saturated heterocycles. The minimum atomic E-state index is -0.723. The van der Waals surface area contributed by atoms with Crippen molar-refractivity contribution >= 4 is 11.6 Å². The summed E-state index contributed by atoms with van der Waals surface area (Å²) < 4.78 is 1.80. The molecule has 1 aromatic heterocycles. The van der Waals surface area contributed by atoms with E-state index >= 15 is 0 Å². The van der Waals surface area contributed by atoms with E-state index in [1.807, 2.05) is 26.1 Å². The Morgan fingerprint density at radius 1 is 1.44 bits per heavy atom. The number of hydrogen-bond donors (Lipinski definition) is 1. The molecule has 16 heavy (non-hydrogen) atoms. The second kappa shape index (κ2) is 4.28. The summed E-state index contributed by atoms with van der Waals surface area (Å²) in [6.07, 6.45) is 2.73. The number of hydrogen-bond acceptors (Lipinski definition) is 2. The first-order valence-electron chi connectivity index (χ1n) is 5.00. The van der Waals surface area contributed by atoms with Crippen LogP contribution in [-0.2, 0) is 7.05 Å². The maximum atomic E-state index is 10.1. The van der Waals surface area contributed by atoms with Crippen LogP contribution in [0.5, 0.6) is 0 Å². The number of nitrogens with zero attached hydrogens (tertiary/aromatic N) is 2. The molecule has 2 rings (SSSR count). The second-order valence-electron chi connectivity index (χ2n) is 3.88. The Kier molecular flexibility index (Phi) is 2.99. The van der Waals surface area contributed by atoms with Crippen molar-refractivity contribution < 1.29 is 5.11 Å². The van der Waals surface area contributed by atoms with Crippen molar-refractivity contribution in [3.8, 4) is 0 Å². The molecule has 0 aliphatic carbocycles. The van der Waals surface area contributed by atoms with Gasteiger partial charge in [0.15, 0.2) is 0 Å². The summed E-state index contributed by atoms with van der Waals surface area (Å²) in [4.78, 5) is 4.11. The molecule has 0 spiro atoms. The highest BCUT2D eigenvalue weighted by molar-refractivity contribution is 6.31. The monoisotopic (exact) mass is 236 g/mol. The molecular weight excluding hydrogens is 224 g/mol.